The Kier molecular flexibility index (Phi) is 8.25. The molecule has 1 aliphatic heterocycles. The molecule has 1 aliphatic rings. The van der Waals surface area contributed by atoms with Crippen molar-refractivity contribution in [3.05, 3.63) is 77.9 Å². The quantitative estimate of drug-likeness (QED) is 0.391. The maximum absolute atomic E-state index is 12.8. The zero-order chi connectivity index (χ0) is 25.3. The SMILES string of the molecule is CCN(CCNC(=O)c1ccc(NC(=O)Nc2ccccc2)cc1OC)Cc1ccc2c(c1)OCO2. The lowest BCUT2D eigenvalue weighted by Crippen LogP contribution is -2.34. The van der Waals surface area contributed by atoms with Gasteiger partial charge >= 0.3 is 6.03 Å². The Morgan fingerprint density at radius 1 is 0.944 bits per heavy atom. The van der Waals surface area contributed by atoms with Gasteiger partial charge in [0, 0.05) is 37.1 Å². The van der Waals surface area contributed by atoms with E-state index in [4.69, 9.17) is 14.2 Å². The maximum atomic E-state index is 12.8. The number of fused-ring (bicyclic) bond motifs is 1. The number of methoxy groups -OCH3 is 1. The third kappa shape index (κ3) is 6.45. The first-order valence-electron chi connectivity index (χ1n) is 11.8. The van der Waals surface area contributed by atoms with Crippen LogP contribution in [0, 0.1) is 0 Å². The van der Waals surface area contributed by atoms with Crippen LogP contribution in [0.4, 0.5) is 16.2 Å². The third-order valence-corrected chi connectivity index (χ3v) is 5.74. The fraction of sp³-hybridized carbons (Fsp3) is 0.259. The molecule has 0 aliphatic carbocycles. The fourth-order valence-corrected chi connectivity index (χ4v) is 3.84. The minimum Gasteiger partial charge on any atom is -0.496 e. The van der Waals surface area contributed by atoms with Gasteiger partial charge in [0.15, 0.2) is 11.5 Å². The van der Waals surface area contributed by atoms with Gasteiger partial charge in [-0.2, -0.15) is 0 Å². The molecule has 0 fully saturated rings. The topological polar surface area (TPSA) is 101 Å². The van der Waals surface area contributed by atoms with Crippen LogP contribution in [0.5, 0.6) is 17.2 Å². The van der Waals surface area contributed by atoms with Crippen molar-refractivity contribution in [1.29, 1.82) is 0 Å². The molecule has 1 heterocycles. The summed E-state index contributed by atoms with van der Waals surface area (Å²) in [6.45, 7) is 5.05. The summed E-state index contributed by atoms with van der Waals surface area (Å²) < 4.78 is 16.2. The summed E-state index contributed by atoms with van der Waals surface area (Å²) in [7, 11) is 1.49. The van der Waals surface area contributed by atoms with Crippen LogP contribution in [0.25, 0.3) is 0 Å². The van der Waals surface area contributed by atoms with Crippen LogP contribution in [-0.2, 0) is 6.54 Å². The van der Waals surface area contributed by atoms with Gasteiger partial charge < -0.3 is 30.2 Å². The number of nitrogens with one attached hydrogen (secondary N) is 3. The molecule has 0 unspecified atom stereocenters. The highest BCUT2D eigenvalue weighted by Gasteiger charge is 2.16. The molecule has 0 atom stereocenters. The fourth-order valence-electron chi connectivity index (χ4n) is 3.84. The number of likely N-dealkylation sites (N-methyl/N-ethyl adjacent to an activating group) is 1. The van der Waals surface area contributed by atoms with Crippen molar-refractivity contribution in [2.45, 2.75) is 13.5 Å². The molecule has 3 N–H and O–H groups in total. The van der Waals surface area contributed by atoms with Gasteiger partial charge in [-0.1, -0.05) is 31.2 Å². The Balaban J connectivity index is 1.29. The first-order valence-corrected chi connectivity index (χ1v) is 11.8. The normalized spacial score (nSPS) is 11.8. The maximum Gasteiger partial charge on any atom is 0.323 e. The number of urea groups is 1. The van der Waals surface area contributed by atoms with E-state index in [2.05, 4.69) is 27.8 Å². The first-order chi connectivity index (χ1) is 17.6. The monoisotopic (exact) mass is 490 g/mol. The van der Waals surface area contributed by atoms with Gasteiger partial charge in [0.1, 0.15) is 5.75 Å². The zero-order valence-electron chi connectivity index (χ0n) is 20.4. The Bertz CT molecular complexity index is 1200. The van der Waals surface area contributed by atoms with Crippen LogP contribution in [0.15, 0.2) is 66.7 Å². The van der Waals surface area contributed by atoms with E-state index in [0.29, 0.717) is 35.8 Å². The van der Waals surface area contributed by atoms with Crippen LogP contribution in [0.3, 0.4) is 0 Å². The first kappa shape index (κ1) is 24.9. The molecule has 3 aromatic rings. The largest absolute Gasteiger partial charge is 0.496 e. The standard InChI is InChI=1S/C27H30N4O5/c1-3-31(17-19-9-12-23-25(15-19)36-18-35-23)14-13-28-26(32)22-11-10-21(16-24(22)34-2)30-27(33)29-20-7-5-4-6-8-20/h4-12,15-16H,3,13-14,17-18H2,1-2H3,(H,28,32)(H2,29,30,33). The number of amides is 3. The second kappa shape index (κ2) is 11.9. The molecule has 188 valence electrons. The number of hydrogen-bond acceptors (Lipinski definition) is 6. The van der Waals surface area contributed by atoms with Gasteiger partial charge in [-0.05, 0) is 48.5 Å². The summed E-state index contributed by atoms with van der Waals surface area (Å²) in [6, 6.07) is 19.6. The van der Waals surface area contributed by atoms with E-state index in [1.165, 1.54) is 7.11 Å². The number of ether oxygens (including phenoxy) is 3. The van der Waals surface area contributed by atoms with Crippen molar-refractivity contribution in [3.63, 3.8) is 0 Å². The van der Waals surface area contributed by atoms with Crippen molar-refractivity contribution in [2.24, 2.45) is 0 Å². The summed E-state index contributed by atoms with van der Waals surface area (Å²) in [4.78, 5) is 27.3. The minimum absolute atomic E-state index is 0.244. The molecule has 0 spiro atoms. The van der Waals surface area contributed by atoms with Crippen molar-refractivity contribution in [3.8, 4) is 17.2 Å². The molecular formula is C27H30N4O5. The van der Waals surface area contributed by atoms with Crippen molar-refractivity contribution in [1.82, 2.24) is 10.2 Å². The summed E-state index contributed by atoms with van der Waals surface area (Å²) in [5, 5.41) is 8.46. The van der Waals surface area contributed by atoms with Crippen LogP contribution in [0.2, 0.25) is 0 Å². The lowest BCUT2D eigenvalue weighted by Gasteiger charge is -2.21. The Morgan fingerprint density at radius 3 is 2.50 bits per heavy atom. The number of anilines is 2. The predicted octanol–water partition coefficient (Wildman–Crippen LogP) is 4.32. The number of para-hydroxylation sites is 1. The number of carbonyl (C=O) groups is 2. The molecule has 0 saturated carbocycles. The summed E-state index contributed by atoms with van der Waals surface area (Å²) >= 11 is 0. The second-order valence-electron chi connectivity index (χ2n) is 8.17. The predicted molar refractivity (Wildman–Crippen MR) is 138 cm³/mol. The Labute approximate surface area is 210 Å². The average molecular weight is 491 g/mol. The van der Waals surface area contributed by atoms with Gasteiger partial charge in [0.25, 0.3) is 5.91 Å². The van der Waals surface area contributed by atoms with E-state index >= 15 is 0 Å². The number of carbonyl (C=O) groups excluding carboxylic acids is 2. The van der Waals surface area contributed by atoms with E-state index in [1.807, 2.05) is 36.4 Å². The van der Waals surface area contributed by atoms with Crippen LogP contribution in [0.1, 0.15) is 22.8 Å². The summed E-state index contributed by atoms with van der Waals surface area (Å²) in [6.07, 6.45) is 0. The van der Waals surface area contributed by atoms with Crippen LogP contribution < -0.4 is 30.2 Å². The van der Waals surface area contributed by atoms with Gasteiger partial charge in [-0.15, -0.1) is 0 Å². The molecule has 9 heteroatoms. The lowest BCUT2D eigenvalue weighted by atomic mass is 10.1. The number of hydrogen-bond donors (Lipinski definition) is 3. The number of benzene rings is 3. The molecule has 4 rings (SSSR count). The molecule has 3 amide bonds. The van der Waals surface area contributed by atoms with E-state index in [9.17, 15) is 9.59 Å². The molecule has 0 saturated heterocycles. The smallest absolute Gasteiger partial charge is 0.323 e. The van der Waals surface area contributed by atoms with E-state index in [-0.39, 0.29) is 18.7 Å². The van der Waals surface area contributed by atoms with E-state index < -0.39 is 0 Å². The summed E-state index contributed by atoms with van der Waals surface area (Å²) in [5.41, 5.74) is 2.70. The highest BCUT2D eigenvalue weighted by Crippen LogP contribution is 2.32. The Morgan fingerprint density at radius 2 is 1.72 bits per heavy atom. The highest BCUT2D eigenvalue weighted by molar-refractivity contribution is 6.01. The van der Waals surface area contributed by atoms with Crippen molar-refractivity contribution in [2.75, 3.05) is 44.2 Å². The van der Waals surface area contributed by atoms with Gasteiger partial charge in [0.2, 0.25) is 6.79 Å². The van der Waals surface area contributed by atoms with Crippen LogP contribution in [-0.4, -0.2) is 50.4 Å². The molecule has 36 heavy (non-hydrogen) atoms. The van der Waals surface area contributed by atoms with Crippen LogP contribution >= 0.6 is 0 Å². The molecule has 0 radical (unpaired) electrons. The van der Waals surface area contributed by atoms with E-state index in [1.54, 1.807) is 30.3 Å². The number of nitrogens with zero attached hydrogens (tertiary/aromatic N) is 1. The lowest BCUT2D eigenvalue weighted by molar-refractivity contribution is 0.0945. The molecular weight excluding hydrogens is 460 g/mol. The molecule has 0 bridgehead atoms. The Hall–Kier alpha value is -4.24. The van der Waals surface area contributed by atoms with E-state index in [0.717, 1.165) is 30.2 Å². The van der Waals surface area contributed by atoms with Crippen molar-refractivity contribution < 1.29 is 23.8 Å². The van der Waals surface area contributed by atoms with Gasteiger partial charge in [-0.3, -0.25) is 9.69 Å². The highest BCUT2D eigenvalue weighted by atomic mass is 16.7. The summed E-state index contributed by atoms with van der Waals surface area (Å²) in [5.74, 6) is 1.66. The third-order valence-electron chi connectivity index (χ3n) is 5.74. The van der Waals surface area contributed by atoms with Crippen molar-refractivity contribution >= 4 is 23.3 Å². The second-order valence-corrected chi connectivity index (χ2v) is 8.17. The zero-order valence-corrected chi connectivity index (χ0v) is 20.4. The molecule has 3 aromatic carbocycles. The van der Waals surface area contributed by atoms with Gasteiger partial charge in [0.05, 0.1) is 12.7 Å². The average Bonchev–Trinajstić information content (AvgIpc) is 3.36. The number of rotatable bonds is 10. The van der Waals surface area contributed by atoms with Gasteiger partial charge in [-0.25, -0.2) is 4.79 Å². The minimum atomic E-state index is -0.387. The molecule has 0 aromatic heterocycles. The molecule has 9 nitrogen and oxygen atoms in total.